The number of benzene rings is 2. The number of rotatable bonds is 1. The fraction of sp³-hybridized carbons (Fsp3) is 0.292. The molecule has 0 N–H and O–H groups in total. The Balaban J connectivity index is 1.87. The Morgan fingerprint density at radius 1 is 1.04 bits per heavy atom. The maximum absolute atomic E-state index is 13.2. The van der Waals surface area contributed by atoms with E-state index in [-0.39, 0.29) is 5.43 Å². The zero-order valence-corrected chi connectivity index (χ0v) is 16.1. The third-order valence-electron chi connectivity index (χ3n) is 5.36. The average Bonchev–Trinajstić information content (AvgIpc) is 2.94. The minimum Gasteiger partial charge on any atom is -0.489 e. The molecule has 0 atom stereocenters. The van der Waals surface area contributed by atoms with Crippen molar-refractivity contribution in [3.05, 3.63) is 63.8 Å². The van der Waals surface area contributed by atoms with Crippen LogP contribution >= 0.6 is 0 Å². The van der Waals surface area contributed by atoms with E-state index in [4.69, 9.17) is 13.9 Å². The van der Waals surface area contributed by atoms with E-state index in [2.05, 4.69) is 0 Å². The lowest BCUT2D eigenvalue weighted by atomic mass is 9.94. The molecule has 0 saturated heterocycles. The van der Waals surface area contributed by atoms with Crippen molar-refractivity contribution in [3.8, 4) is 22.8 Å². The zero-order valence-electron chi connectivity index (χ0n) is 16.1. The van der Waals surface area contributed by atoms with Crippen molar-refractivity contribution < 1.29 is 13.9 Å². The summed E-state index contributed by atoms with van der Waals surface area (Å²) < 4.78 is 18.7. The molecule has 1 aromatic heterocycles. The Bertz CT molecular complexity index is 1150. The second-order valence-corrected chi connectivity index (χ2v) is 7.94. The number of fused-ring (bicyclic) bond motifs is 6. The molecule has 4 heteroatoms. The Hall–Kier alpha value is -3.01. The highest BCUT2D eigenvalue weighted by atomic mass is 16.5. The Kier molecular flexibility index (Phi) is 3.83. The molecule has 0 unspecified atom stereocenters. The van der Waals surface area contributed by atoms with E-state index in [1.807, 2.05) is 56.3 Å². The molecule has 5 rings (SSSR count). The number of ether oxygens (including phenoxy) is 2. The van der Waals surface area contributed by atoms with Crippen molar-refractivity contribution in [3.63, 3.8) is 0 Å². The topological polar surface area (TPSA) is 48.7 Å². The quantitative estimate of drug-likeness (QED) is 0.575. The van der Waals surface area contributed by atoms with Crippen LogP contribution in [0.4, 0.5) is 0 Å². The van der Waals surface area contributed by atoms with Crippen LogP contribution in [0.15, 0.2) is 51.7 Å². The molecule has 0 radical (unpaired) electrons. The van der Waals surface area contributed by atoms with Gasteiger partial charge in [0.15, 0.2) is 16.9 Å². The predicted molar refractivity (Wildman–Crippen MR) is 110 cm³/mol. The van der Waals surface area contributed by atoms with Gasteiger partial charge in [0.2, 0.25) is 0 Å². The standard InChI is InChI=1S/C24H22O4/c1-24(2)12-11-16-20-18(25)14-19(15-8-4-3-5-9-15)27-21(20)17-10-6-7-13-26-22(17)23(16)28-24/h3-5,8-9,11-12,14H,6-7,10,13H2,1-2H3. The van der Waals surface area contributed by atoms with Crippen LogP contribution in [-0.2, 0) is 6.42 Å². The van der Waals surface area contributed by atoms with Crippen molar-refractivity contribution in [2.45, 2.75) is 38.7 Å². The molecule has 2 aliphatic heterocycles. The van der Waals surface area contributed by atoms with Gasteiger partial charge in [0.05, 0.1) is 12.0 Å². The first kappa shape index (κ1) is 17.1. The molecule has 3 heterocycles. The van der Waals surface area contributed by atoms with Crippen molar-refractivity contribution in [1.29, 1.82) is 0 Å². The van der Waals surface area contributed by atoms with Gasteiger partial charge in [0.25, 0.3) is 0 Å². The molecular weight excluding hydrogens is 352 g/mol. The summed E-state index contributed by atoms with van der Waals surface area (Å²) in [5.74, 6) is 1.97. The van der Waals surface area contributed by atoms with E-state index >= 15 is 0 Å². The summed E-state index contributed by atoms with van der Waals surface area (Å²) in [5, 5.41) is 0.575. The zero-order chi connectivity index (χ0) is 19.3. The van der Waals surface area contributed by atoms with Gasteiger partial charge in [0, 0.05) is 22.8 Å². The Morgan fingerprint density at radius 3 is 2.68 bits per heavy atom. The van der Waals surface area contributed by atoms with Crippen molar-refractivity contribution >= 4 is 17.0 Å². The minimum atomic E-state index is -0.450. The molecule has 3 aromatic rings. The molecule has 2 aromatic carbocycles. The summed E-state index contributed by atoms with van der Waals surface area (Å²) in [6.07, 6.45) is 6.69. The first-order chi connectivity index (χ1) is 13.5. The van der Waals surface area contributed by atoms with Gasteiger partial charge >= 0.3 is 0 Å². The fourth-order valence-electron chi connectivity index (χ4n) is 3.98. The first-order valence-corrected chi connectivity index (χ1v) is 9.77. The molecule has 28 heavy (non-hydrogen) atoms. The molecule has 142 valence electrons. The van der Waals surface area contributed by atoms with Crippen molar-refractivity contribution in [1.82, 2.24) is 0 Å². The van der Waals surface area contributed by atoms with Gasteiger partial charge in [-0.2, -0.15) is 0 Å². The van der Waals surface area contributed by atoms with Crippen LogP contribution in [0.5, 0.6) is 11.5 Å². The van der Waals surface area contributed by atoms with E-state index in [0.717, 1.165) is 41.7 Å². The number of aryl methyl sites for hydroxylation is 1. The lowest BCUT2D eigenvalue weighted by Crippen LogP contribution is -2.28. The highest BCUT2D eigenvalue weighted by molar-refractivity contribution is 5.96. The summed E-state index contributed by atoms with van der Waals surface area (Å²) >= 11 is 0. The van der Waals surface area contributed by atoms with Crippen LogP contribution in [0.1, 0.15) is 37.8 Å². The minimum absolute atomic E-state index is 0.0589. The van der Waals surface area contributed by atoms with Crippen molar-refractivity contribution in [2.24, 2.45) is 0 Å². The molecule has 0 saturated carbocycles. The van der Waals surface area contributed by atoms with E-state index in [1.54, 1.807) is 6.07 Å². The second kappa shape index (κ2) is 6.26. The monoisotopic (exact) mass is 374 g/mol. The fourth-order valence-corrected chi connectivity index (χ4v) is 3.98. The summed E-state index contributed by atoms with van der Waals surface area (Å²) in [6.45, 7) is 4.64. The van der Waals surface area contributed by atoms with Gasteiger partial charge in [-0.25, -0.2) is 0 Å². The van der Waals surface area contributed by atoms with Crippen LogP contribution in [0.25, 0.3) is 28.4 Å². The van der Waals surface area contributed by atoms with Gasteiger partial charge in [-0.05, 0) is 39.2 Å². The molecule has 0 spiro atoms. The van der Waals surface area contributed by atoms with Gasteiger partial charge in [-0.1, -0.05) is 36.4 Å². The molecule has 2 aliphatic rings. The first-order valence-electron chi connectivity index (χ1n) is 9.77. The van der Waals surface area contributed by atoms with Gasteiger partial charge < -0.3 is 13.9 Å². The van der Waals surface area contributed by atoms with Gasteiger partial charge in [-0.15, -0.1) is 0 Å². The Morgan fingerprint density at radius 2 is 1.86 bits per heavy atom. The summed E-state index contributed by atoms with van der Waals surface area (Å²) in [5.41, 5.74) is 2.69. The summed E-state index contributed by atoms with van der Waals surface area (Å²) in [4.78, 5) is 13.2. The number of hydrogen-bond donors (Lipinski definition) is 0. The maximum atomic E-state index is 13.2. The Labute approximate surface area is 163 Å². The third kappa shape index (κ3) is 2.71. The lowest BCUT2D eigenvalue weighted by molar-refractivity contribution is 0.149. The molecule has 0 aliphatic carbocycles. The van der Waals surface area contributed by atoms with Gasteiger partial charge in [-0.3, -0.25) is 4.79 Å². The predicted octanol–water partition coefficient (Wildman–Crippen LogP) is 5.36. The smallest absolute Gasteiger partial charge is 0.194 e. The van der Waals surface area contributed by atoms with E-state index in [9.17, 15) is 4.79 Å². The molecule has 0 bridgehead atoms. The van der Waals surface area contributed by atoms with Crippen LogP contribution in [0.2, 0.25) is 0 Å². The van der Waals surface area contributed by atoms with E-state index in [0.29, 0.717) is 29.1 Å². The second-order valence-electron chi connectivity index (χ2n) is 7.94. The highest BCUT2D eigenvalue weighted by Gasteiger charge is 2.32. The SMILES string of the molecule is CC1(C)C=Cc2c(c3c(c4oc(-c5ccccc5)cc(=O)c24)CCCCO3)O1. The number of hydrogen-bond acceptors (Lipinski definition) is 4. The summed E-state index contributed by atoms with van der Waals surface area (Å²) in [7, 11) is 0. The van der Waals surface area contributed by atoms with E-state index < -0.39 is 5.60 Å². The third-order valence-corrected chi connectivity index (χ3v) is 5.36. The average molecular weight is 374 g/mol. The highest BCUT2D eigenvalue weighted by Crippen LogP contribution is 2.47. The normalized spacial score (nSPS) is 17.2. The molecule has 0 fully saturated rings. The molecule has 4 nitrogen and oxygen atoms in total. The molecular formula is C24H22O4. The molecule has 0 amide bonds. The maximum Gasteiger partial charge on any atom is 0.194 e. The largest absolute Gasteiger partial charge is 0.489 e. The van der Waals surface area contributed by atoms with Crippen LogP contribution in [-0.4, -0.2) is 12.2 Å². The van der Waals surface area contributed by atoms with Crippen LogP contribution in [0, 0.1) is 0 Å². The summed E-state index contributed by atoms with van der Waals surface area (Å²) in [6, 6.07) is 11.3. The van der Waals surface area contributed by atoms with Crippen LogP contribution < -0.4 is 14.9 Å². The van der Waals surface area contributed by atoms with E-state index in [1.165, 1.54) is 0 Å². The lowest BCUT2D eigenvalue weighted by Gasteiger charge is -2.30. The van der Waals surface area contributed by atoms with Gasteiger partial charge in [0.1, 0.15) is 16.9 Å². The van der Waals surface area contributed by atoms with Crippen LogP contribution in [0.3, 0.4) is 0 Å². The van der Waals surface area contributed by atoms with Crippen molar-refractivity contribution in [2.75, 3.05) is 6.61 Å².